The van der Waals surface area contributed by atoms with Gasteiger partial charge in [-0.25, -0.2) is 0 Å². The number of alkyl halides is 3. The smallest absolute Gasteiger partial charge is 0.416 e. The highest BCUT2D eigenvalue weighted by Gasteiger charge is 2.38. The summed E-state index contributed by atoms with van der Waals surface area (Å²) in [7, 11) is 0. The lowest BCUT2D eigenvalue weighted by Gasteiger charge is -2.27. The second-order valence-corrected chi connectivity index (χ2v) is 6.33. The molecule has 0 fully saturated rings. The Hall–Kier alpha value is -2.01. The van der Waals surface area contributed by atoms with E-state index in [1.165, 1.54) is 19.1 Å². The summed E-state index contributed by atoms with van der Waals surface area (Å²) in [6.45, 7) is 5.25. The van der Waals surface area contributed by atoms with E-state index in [4.69, 9.17) is 4.74 Å². The van der Waals surface area contributed by atoms with Crippen LogP contribution in [0.5, 0.6) is 11.5 Å². The van der Waals surface area contributed by atoms with Gasteiger partial charge in [-0.3, -0.25) is 0 Å². The van der Waals surface area contributed by atoms with Crippen LogP contribution < -0.4 is 4.74 Å². The fourth-order valence-electron chi connectivity index (χ4n) is 2.84. The zero-order valence-corrected chi connectivity index (χ0v) is 14.7. The monoisotopic (exact) mass is 352 g/mol. The summed E-state index contributed by atoms with van der Waals surface area (Å²) in [6, 6.07) is 10.9. The predicted octanol–water partition coefficient (Wildman–Crippen LogP) is 6.07. The van der Waals surface area contributed by atoms with Crippen LogP contribution in [0.15, 0.2) is 42.5 Å². The van der Waals surface area contributed by atoms with E-state index in [2.05, 4.69) is 0 Å². The van der Waals surface area contributed by atoms with Gasteiger partial charge in [0.1, 0.15) is 11.5 Å². The molecule has 0 aliphatic heterocycles. The molecule has 1 N–H and O–H groups in total. The number of aryl methyl sites for hydroxylation is 1. The van der Waals surface area contributed by atoms with E-state index < -0.39 is 17.3 Å². The van der Waals surface area contributed by atoms with Gasteiger partial charge >= 0.3 is 6.18 Å². The minimum atomic E-state index is -4.57. The highest BCUT2D eigenvalue weighted by atomic mass is 19.4. The molecule has 0 amide bonds. The first-order valence-electron chi connectivity index (χ1n) is 8.38. The lowest BCUT2D eigenvalue weighted by atomic mass is 9.87. The molecule has 1 atom stereocenters. The molecule has 136 valence electrons. The zero-order valence-electron chi connectivity index (χ0n) is 14.7. The SMILES string of the molecule is CCCC(C)(O)c1ccc(Oc2ccc(CC)cc2)cc1C(F)(F)F. The van der Waals surface area contributed by atoms with Gasteiger partial charge in [0.05, 0.1) is 11.2 Å². The van der Waals surface area contributed by atoms with E-state index in [-0.39, 0.29) is 17.7 Å². The predicted molar refractivity (Wildman–Crippen MR) is 91.8 cm³/mol. The van der Waals surface area contributed by atoms with Crippen molar-refractivity contribution < 1.29 is 23.0 Å². The number of ether oxygens (including phenoxy) is 1. The Kier molecular flexibility index (Phi) is 5.78. The van der Waals surface area contributed by atoms with Crippen molar-refractivity contribution in [2.24, 2.45) is 0 Å². The average Bonchev–Trinajstić information content (AvgIpc) is 2.54. The molecule has 2 aromatic carbocycles. The van der Waals surface area contributed by atoms with Gasteiger partial charge in [0.15, 0.2) is 0 Å². The fraction of sp³-hybridized carbons (Fsp3) is 0.400. The Morgan fingerprint density at radius 1 is 0.920 bits per heavy atom. The van der Waals surface area contributed by atoms with Gasteiger partial charge in [-0.15, -0.1) is 0 Å². The van der Waals surface area contributed by atoms with E-state index in [0.717, 1.165) is 18.1 Å². The van der Waals surface area contributed by atoms with Crippen LogP contribution in [0.4, 0.5) is 13.2 Å². The number of hydrogen-bond acceptors (Lipinski definition) is 2. The third-order valence-electron chi connectivity index (χ3n) is 4.18. The van der Waals surface area contributed by atoms with Crippen LogP contribution in [0.1, 0.15) is 50.3 Å². The average molecular weight is 352 g/mol. The topological polar surface area (TPSA) is 29.5 Å². The second-order valence-electron chi connectivity index (χ2n) is 6.33. The maximum absolute atomic E-state index is 13.5. The molecule has 0 aliphatic rings. The minimum absolute atomic E-state index is 0.0904. The van der Waals surface area contributed by atoms with Gasteiger partial charge in [-0.2, -0.15) is 13.2 Å². The molecule has 2 rings (SSSR count). The van der Waals surface area contributed by atoms with Crippen LogP contribution in [0.25, 0.3) is 0 Å². The zero-order chi connectivity index (χ0) is 18.7. The van der Waals surface area contributed by atoms with Crippen LogP contribution in [0.3, 0.4) is 0 Å². The van der Waals surface area contributed by atoms with Crippen LogP contribution in [0, 0.1) is 0 Å². The molecule has 0 spiro atoms. The maximum atomic E-state index is 13.5. The lowest BCUT2D eigenvalue weighted by molar-refractivity contribution is -0.140. The van der Waals surface area contributed by atoms with Crippen molar-refractivity contribution in [3.63, 3.8) is 0 Å². The number of halogens is 3. The third kappa shape index (κ3) is 4.75. The molecule has 25 heavy (non-hydrogen) atoms. The van der Waals surface area contributed by atoms with Crippen molar-refractivity contribution in [2.45, 2.75) is 51.8 Å². The van der Waals surface area contributed by atoms with Crippen molar-refractivity contribution >= 4 is 0 Å². The van der Waals surface area contributed by atoms with Crippen molar-refractivity contribution in [1.82, 2.24) is 0 Å². The second kappa shape index (κ2) is 7.48. The molecule has 0 saturated carbocycles. The van der Waals surface area contributed by atoms with Crippen molar-refractivity contribution in [1.29, 1.82) is 0 Å². The molecule has 0 radical (unpaired) electrons. The van der Waals surface area contributed by atoms with Gasteiger partial charge in [0.25, 0.3) is 0 Å². The van der Waals surface area contributed by atoms with Crippen LogP contribution in [-0.2, 0) is 18.2 Å². The molecule has 2 nitrogen and oxygen atoms in total. The molecular formula is C20H23F3O2. The standard InChI is InChI=1S/C20H23F3O2/c1-4-12-19(3,24)17-11-10-16(13-18(17)20(21,22)23)25-15-8-6-14(5-2)7-9-15/h6-11,13,24H,4-5,12H2,1-3H3. The van der Waals surface area contributed by atoms with E-state index in [9.17, 15) is 18.3 Å². The summed E-state index contributed by atoms with van der Waals surface area (Å²) in [5.74, 6) is 0.561. The van der Waals surface area contributed by atoms with Crippen molar-refractivity contribution in [2.75, 3.05) is 0 Å². The molecule has 0 bridgehead atoms. The minimum Gasteiger partial charge on any atom is -0.457 e. The van der Waals surface area contributed by atoms with Gasteiger partial charge in [-0.1, -0.05) is 38.5 Å². The van der Waals surface area contributed by atoms with Crippen LogP contribution >= 0.6 is 0 Å². The van der Waals surface area contributed by atoms with E-state index in [1.54, 1.807) is 12.1 Å². The first-order chi connectivity index (χ1) is 11.7. The van der Waals surface area contributed by atoms with Crippen molar-refractivity contribution in [3.05, 3.63) is 59.2 Å². The largest absolute Gasteiger partial charge is 0.457 e. The first-order valence-corrected chi connectivity index (χ1v) is 8.38. The van der Waals surface area contributed by atoms with Gasteiger partial charge in [0, 0.05) is 0 Å². The molecule has 0 aliphatic carbocycles. The highest BCUT2D eigenvalue weighted by molar-refractivity contribution is 5.42. The summed E-state index contributed by atoms with van der Waals surface area (Å²) in [5.41, 5.74) is -1.42. The number of hydrogen-bond donors (Lipinski definition) is 1. The Bertz CT molecular complexity index is 704. The lowest BCUT2D eigenvalue weighted by Crippen LogP contribution is -2.25. The van der Waals surface area contributed by atoms with Crippen molar-refractivity contribution in [3.8, 4) is 11.5 Å². The maximum Gasteiger partial charge on any atom is 0.416 e. The van der Waals surface area contributed by atoms with Crippen LogP contribution in [-0.4, -0.2) is 5.11 Å². The first kappa shape index (κ1) is 19.3. The Balaban J connectivity index is 2.38. The summed E-state index contributed by atoms with van der Waals surface area (Å²) in [5, 5.41) is 10.4. The summed E-state index contributed by atoms with van der Waals surface area (Å²) in [4.78, 5) is 0. The Labute approximate surface area is 146 Å². The normalized spacial score (nSPS) is 14.2. The quantitative estimate of drug-likeness (QED) is 0.684. The molecule has 5 heteroatoms. The number of aliphatic hydroxyl groups is 1. The number of benzene rings is 2. The van der Waals surface area contributed by atoms with Crippen LogP contribution in [0.2, 0.25) is 0 Å². The summed E-state index contributed by atoms with van der Waals surface area (Å²) < 4.78 is 46.0. The fourth-order valence-corrected chi connectivity index (χ4v) is 2.84. The summed E-state index contributed by atoms with van der Waals surface area (Å²) >= 11 is 0. The van der Waals surface area contributed by atoms with Gasteiger partial charge in [-0.05, 0) is 55.2 Å². The Morgan fingerprint density at radius 2 is 1.52 bits per heavy atom. The molecule has 0 saturated heterocycles. The highest BCUT2D eigenvalue weighted by Crippen LogP contribution is 2.40. The molecule has 2 aromatic rings. The molecule has 0 heterocycles. The number of rotatable bonds is 6. The molecule has 0 aromatic heterocycles. The Morgan fingerprint density at radius 3 is 2.04 bits per heavy atom. The van der Waals surface area contributed by atoms with E-state index >= 15 is 0 Å². The third-order valence-corrected chi connectivity index (χ3v) is 4.18. The molecular weight excluding hydrogens is 329 g/mol. The van der Waals surface area contributed by atoms with E-state index in [0.29, 0.717) is 12.2 Å². The summed E-state index contributed by atoms with van der Waals surface area (Å²) in [6.07, 6.45) is -2.88. The van der Waals surface area contributed by atoms with E-state index in [1.807, 2.05) is 26.0 Å². The van der Waals surface area contributed by atoms with Gasteiger partial charge in [0.2, 0.25) is 0 Å². The van der Waals surface area contributed by atoms with Gasteiger partial charge < -0.3 is 9.84 Å². The molecule has 1 unspecified atom stereocenters.